The maximum Gasteiger partial charge on any atom is 0.165 e. The first kappa shape index (κ1) is 20.6. The molecule has 0 spiro atoms. The third kappa shape index (κ3) is 5.70. The van der Waals surface area contributed by atoms with E-state index in [-0.39, 0.29) is 0 Å². The largest absolute Gasteiger partial charge is 0.375 e. The molecule has 0 saturated carbocycles. The molecule has 1 aromatic heterocycles. The normalized spacial score (nSPS) is 11.1. The Bertz CT molecular complexity index is 867. The highest BCUT2D eigenvalue weighted by molar-refractivity contribution is 7.45. The molecule has 146 valence electrons. The molecule has 0 bridgehead atoms. The average Bonchev–Trinajstić information content (AvgIpc) is 2.74. The third-order valence-corrected chi connectivity index (χ3v) is 5.29. The first-order chi connectivity index (χ1) is 13.7. The molecule has 0 aliphatic carbocycles. The van der Waals surface area contributed by atoms with Crippen molar-refractivity contribution < 1.29 is 14.5 Å². The van der Waals surface area contributed by atoms with Gasteiger partial charge in [-0.25, -0.2) is 4.98 Å². The lowest BCUT2D eigenvalue weighted by Crippen LogP contribution is -2.01. The van der Waals surface area contributed by atoms with Crippen LogP contribution in [0.2, 0.25) is 0 Å². The number of aromatic nitrogens is 1. The number of hydrogen-bond donors (Lipinski definition) is 2. The monoisotopic (exact) mass is 395 g/mol. The maximum atomic E-state index is 8.96. The summed E-state index contributed by atoms with van der Waals surface area (Å²) in [7, 11) is -1.84. The molecule has 2 N–H and O–H groups in total. The van der Waals surface area contributed by atoms with E-state index in [2.05, 4.69) is 49.4 Å². The van der Waals surface area contributed by atoms with Crippen LogP contribution >= 0.6 is 8.38 Å². The summed E-state index contributed by atoms with van der Waals surface area (Å²) in [6.07, 6.45) is 2.03. The van der Waals surface area contributed by atoms with Gasteiger partial charge in [-0.3, -0.25) is 0 Å². The van der Waals surface area contributed by atoms with E-state index in [9.17, 15) is 0 Å². The summed E-state index contributed by atoms with van der Waals surface area (Å²) in [5.41, 5.74) is 6.45. The van der Waals surface area contributed by atoms with Crippen molar-refractivity contribution in [2.75, 3.05) is 12.8 Å². The van der Waals surface area contributed by atoms with Gasteiger partial charge in [-0.05, 0) is 30.0 Å². The number of aryl methyl sites for hydroxylation is 1. The van der Waals surface area contributed by atoms with Gasteiger partial charge in [0.15, 0.2) is 8.38 Å². The van der Waals surface area contributed by atoms with Crippen LogP contribution in [0.3, 0.4) is 0 Å². The number of rotatable bonds is 9. The number of nitrogens with zero attached hydrogens (tertiary/aromatic N) is 1. The molecule has 2 aromatic carbocycles. The van der Waals surface area contributed by atoms with Gasteiger partial charge in [-0.2, -0.15) is 0 Å². The first-order valence-electron chi connectivity index (χ1n) is 9.55. The van der Waals surface area contributed by atoms with Crippen molar-refractivity contribution in [1.82, 2.24) is 4.98 Å². The molecule has 0 amide bonds. The molecule has 3 rings (SSSR count). The quantitative estimate of drug-likeness (QED) is 0.387. The fourth-order valence-electron chi connectivity index (χ4n) is 3.03. The number of benzene rings is 2. The van der Waals surface area contributed by atoms with Gasteiger partial charge >= 0.3 is 0 Å². The van der Waals surface area contributed by atoms with Crippen LogP contribution in [0.15, 0.2) is 66.7 Å². The molecule has 3 aromatic rings. The van der Waals surface area contributed by atoms with E-state index in [1.807, 2.05) is 24.3 Å². The predicted molar refractivity (Wildman–Crippen MR) is 115 cm³/mol. The Hall–Kier alpha value is -2.10. The highest BCUT2D eigenvalue weighted by atomic mass is 31.2. The minimum Gasteiger partial charge on any atom is -0.375 e. The first-order valence-corrected chi connectivity index (χ1v) is 11.0. The average molecular weight is 395 g/mol. The van der Waals surface area contributed by atoms with Gasteiger partial charge in [0.2, 0.25) is 0 Å². The van der Waals surface area contributed by atoms with Crippen LogP contribution in [0.1, 0.15) is 24.6 Å². The molecule has 28 heavy (non-hydrogen) atoms. The Morgan fingerprint density at radius 1 is 0.893 bits per heavy atom. The second-order valence-corrected chi connectivity index (χ2v) is 7.81. The van der Waals surface area contributed by atoms with E-state index in [0.29, 0.717) is 25.8 Å². The van der Waals surface area contributed by atoms with Gasteiger partial charge in [0.25, 0.3) is 0 Å². The van der Waals surface area contributed by atoms with Crippen molar-refractivity contribution in [3.05, 3.63) is 78.0 Å². The van der Waals surface area contributed by atoms with E-state index >= 15 is 0 Å². The molecule has 0 fully saturated rings. The lowest BCUT2D eigenvalue weighted by atomic mass is 9.97. The van der Waals surface area contributed by atoms with Crippen LogP contribution in [0, 0.1) is 0 Å². The summed E-state index contributed by atoms with van der Waals surface area (Å²) in [5.74, 6) is 0. The fourth-order valence-corrected chi connectivity index (χ4v) is 3.45. The number of hydrogen-bond acceptors (Lipinski definition) is 4. The zero-order chi connectivity index (χ0) is 19.8. The van der Waals surface area contributed by atoms with E-state index in [4.69, 9.17) is 19.5 Å². The minimum absolute atomic E-state index is 0.380. The molecule has 0 atom stereocenters. The van der Waals surface area contributed by atoms with Crippen LogP contribution in [-0.2, 0) is 17.8 Å². The fraction of sp³-hybridized carbons (Fsp3) is 0.261. The van der Waals surface area contributed by atoms with Gasteiger partial charge in [-0.1, -0.05) is 67.6 Å². The van der Waals surface area contributed by atoms with E-state index in [1.54, 1.807) is 0 Å². The maximum absolute atomic E-state index is 8.96. The summed E-state index contributed by atoms with van der Waals surface area (Å²) in [6.45, 7) is 3.05. The SMILES string of the molecule is CCc1ccc(-c2ccc(COCCCP(O)O)nc2-c2ccccc2)cc1. The Morgan fingerprint density at radius 2 is 1.64 bits per heavy atom. The van der Waals surface area contributed by atoms with Gasteiger partial charge in [0.05, 0.1) is 18.0 Å². The van der Waals surface area contributed by atoms with E-state index in [1.165, 1.54) is 5.56 Å². The zero-order valence-electron chi connectivity index (χ0n) is 16.1. The highest BCUT2D eigenvalue weighted by Gasteiger charge is 2.11. The van der Waals surface area contributed by atoms with Gasteiger partial charge < -0.3 is 14.5 Å². The Morgan fingerprint density at radius 3 is 2.32 bits per heavy atom. The van der Waals surface area contributed by atoms with Crippen LogP contribution < -0.4 is 0 Å². The second-order valence-electron chi connectivity index (χ2n) is 6.62. The van der Waals surface area contributed by atoms with Crippen molar-refractivity contribution in [3.8, 4) is 22.4 Å². The summed E-state index contributed by atoms with van der Waals surface area (Å²) < 4.78 is 5.66. The molecule has 0 aliphatic rings. The Kier molecular flexibility index (Phi) is 7.70. The van der Waals surface area contributed by atoms with Gasteiger partial charge in [-0.15, -0.1) is 0 Å². The zero-order valence-corrected chi connectivity index (χ0v) is 17.0. The summed E-state index contributed by atoms with van der Waals surface area (Å²) >= 11 is 0. The van der Waals surface area contributed by atoms with Crippen LogP contribution in [0.4, 0.5) is 0 Å². The summed E-state index contributed by atoms with van der Waals surface area (Å²) in [6, 6.07) is 22.9. The van der Waals surface area contributed by atoms with E-state index < -0.39 is 8.38 Å². The smallest absolute Gasteiger partial charge is 0.165 e. The molecule has 0 radical (unpaired) electrons. The minimum atomic E-state index is -1.84. The molecule has 1 heterocycles. The van der Waals surface area contributed by atoms with Crippen LogP contribution in [0.25, 0.3) is 22.4 Å². The van der Waals surface area contributed by atoms with Crippen molar-refractivity contribution in [3.63, 3.8) is 0 Å². The number of ether oxygens (including phenoxy) is 1. The van der Waals surface area contributed by atoms with Crippen molar-refractivity contribution in [2.45, 2.75) is 26.4 Å². The number of pyridine rings is 1. The van der Waals surface area contributed by atoms with Crippen molar-refractivity contribution in [2.24, 2.45) is 0 Å². The summed E-state index contributed by atoms with van der Waals surface area (Å²) in [4.78, 5) is 22.8. The predicted octanol–water partition coefficient (Wildman–Crippen LogP) is 5.18. The molecule has 0 aliphatic heterocycles. The van der Waals surface area contributed by atoms with Crippen LogP contribution in [-0.4, -0.2) is 27.5 Å². The molecule has 4 nitrogen and oxygen atoms in total. The molecule has 0 saturated heterocycles. The molecule has 0 unspecified atom stereocenters. The third-order valence-electron chi connectivity index (χ3n) is 4.57. The Balaban J connectivity index is 1.83. The van der Waals surface area contributed by atoms with E-state index in [0.717, 1.165) is 34.5 Å². The highest BCUT2D eigenvalue weighted by Crippen LogP contribution is 2.31. The van der Waals surface area contributed by atoms with Gasteiger partial charge in [0.1, 0.15) is 0 Å². The lowest BCUT2D eigenvalue weighted by Gasteiger charge is -2.13. The topological polar surface area (TPSA) is 62.6 Å². The van der Waals surface area contributed by atoms with Crippen LogP contribution in [0.5, 0.6) is 0 Å². The van der Waals surface area contributed by atoms with Gasteiger partial charge in [0, 0.05) is 23.9 Å². The molecule has 5 heteroatoms. The summed E-state index contributed by atoms with van der Waals surface area (Å²) in [5, 5.41) is 0. The molecular weight excluding hydrogens is 369 g/mol. The standard InChI is InChI=1S/C23H26NO3P/c1-2-18-9-11-19(12-10-18)22-14-13-21(17-27-15-6-16-28(25)26)24-23(22)20-7-4-3-5-8-20/h3-5,7-14,25-26H,2,6,15-17H2,1H3. The van der Waals surface area contributed by atoms with Crippen molar-refractivity contribution in [1.29, 1.82) is 0 Å². The molecular formula is C23H26NO3P. The second kappa shape index (κ2) is 10.4. The van der Waals surface area contributed by atoms with Crippen molar-refractivity contribution >= 4 is 8.38 Å². The Labute approximate surface area is 167 Å². The lowest BCUT2D eigenvalue weighted by molar-refractivity contribution is 0.119.